The van der Waals surface area contributed by atoms with Crippen LogP contribution in [0.3, 0.4) is 0 Å². The molecule has 100 valence electrons. The zero-order chi connectivity index (χ0) is 14.4. The number of benzene rings is 1. The van der Waals surface area contributed by atoms with Crippen LogP contribution < -0.4 is 9.47 Å². The van der Waals surface area contributed by atoms with Gasteiger partial charge in [0.15, 0.2) is 17.6 Å². The van der Waals surface area contributed by atoms with E-state index in [-0.39, 0.29) is 0 Å². The Bertz CT molecular complexity index is 548. The number of methoxy groups -OCH3 is 1. The van der Waals surface area contributed by atoms with Crippen LogP contribution in [0, 0.1) is 11.3 Å². The van der Waals surface area contributed by atoms with E-state index in [1.165, 1.54) is 13.2 Å². The lowest BCUT2D eigenvalue weighted by molar-refractivity contribution is -0.131. The van der Waals surface area contributed by atoms with Gasteiger partial charge in [-0.15, -0.1) is 0 Å². The van der Waals surface area contributed by atoms with Crippen molar-refractivity contribution in [1.29, 1.82) is 5.26 Å². The number of carbonyl (C=O) groups is 1. The standard InChI is InChI=1S/C13H12BrNO4/c1-8(7-15)19-13-10(14)5-9(3-4-12(16)17)6-11(13)18-2/h3-6,8H,1-2H3,(H,16,17). The molecule has 6 heteroatoms. The third kappa shape index (κ3) is 4.30. The van der Waals surface area contributed by atoms with E-state index in [1.54, 1.807) is 19.1 Å². The molecule has 1 aromatic rings. The third-order valence-electron chi connectivity index (χ3n) is 2.15. The molecule has 0 aliphatic carbocycles. The molecule has 1 aromatic carbocycles. The molecule has 5 nitrogen and oxygen atoms in total. The van der Waals surface area contributed by atoms with Crippen molar-refractivity contribution in [2.45, 2.75) is 13.0 Å². The molecular weight excluding hydrogens is 314 g/mol. The third-order valence-corrected chi connectivity index (χ3v) is 2.74. The molecule has 0 aromatic heterocycles. The van der Waals surface area contributed by atoms with Crippen molar-refractivity contribution in [2.24, 2.45) is 0 Å². The van der Waals surface area contributed by atoms with Crippen LogP contribution in [0.25, 0.3) is 6.08 Å². The fourth-order valence-corrected chi connectivity index (χ4v) is 1.87. The minimum absolute atomic E-state index is 0.407. The minimum atomic E-state index is -1.03. The molecule has 1 unspecified atom stereocenters. The number of carboxylic acids is 1. The first kappa shape index (κ1) is 15.1. The number of carboxylic acid groups (broad SMARTS) is 1. The summed E-state index contributed by atoms with van der Waals surface area (Å²) in [7, 11) is 1.47. The fourth-order valence-electron chi connectivity index (χ4n) is 1.32. The molecule has 0 aliphatic rings. The molecule has 0 spiro atoms. The van der Waals surface area contributed by atoms with Crippen LogP contribution in [0.2, 0.25) is 0 Å². The van der Waals surface area contributed by atoms with Crippen LogP contribution in [0.4, 0.5) is 0 Å². The first-order valence-electron chi connectivity index (χ1n) is 5.32. The molecular formula is C13H12BrNO4. The smallest absolute Gasteiger partial charge is 0.328 e. The van der Waals surface area contributed by atoms with E-state index in [9.17, 15) is 4.79 Å². The topological polar surface area (TPSA) is 79.6 Å². The molecule has 1 atom stereocenters. The van der Waals surface area contributed by atoms with Crippen molar-refractivity contribution >= 4 is 28.0 Å². The van der Waals surface area contributed by atoms with E-state index in [4.69, 9.17) is 19.8 Å². The Labute approximate surface area is 119 Å². The Hall–Kier alpha value is -2.00. The van der Waals surface area contributed by atoms with Gasteiger partial charge in [0.05, 0.1) is 11.6 Å². The van der Waals surface area contributed by atoms with Crippen molar-refractivity contribution in [2.75, 3.05) is 7.11 Å². The molecule has 1 N–H and O–H groups in total. The monoisotopic (exact) mass is 325 g/mol. The molecule has 19 heavy (non-hydrogen) atoms. The molecule has 0 saturated carbocycles. The maximum atomic E-state index is 10.5. The van der Waals surface area contributed by atoms with Crippen molar-refractivity contribution < 1.29 is 19.4 Å². The van der Waals surface area contributed by atoms with E-state index < -0.39 is 12.1 Å². The fraction of sp³-hybridized carbons (Fsp3) is 0.231. The first-order valence-corrected chi connectivity index (χ1v) is 6.12. The summed E-state index contributed by atoms with van der Waals surface area (Å²) in [6, 6.07) is 5.27. The molecule has 1 rings (SSSR count). The van der Waals surface area contributed by atoms with Crippen LogP contribution in [-0.4, -0.2) is 24.3 Å². The number of nitrogens with zero attached hydrogens (tertiary/aromatic N) is 1. The van der Waals surface area contributed by atoms with Crippen molar-refractivity contribution in [3.8, 4) is 17.6 Å². The quantitative estimate of drug-likeness (QED) is 0.842. The summed E-state index contributed by atoms with van der Waals surface area (Å²) in [6.07, 6.45) is 1.85. The van der Waals surface area contributed by atoms with Gasteiger partial charge in [0.25, 0.3) is 0 Å². The Morgan fingerprint density at radius 2 is 2.26 bits per heavy atom. The second-order valence-electron chi connectivity index (χ2n) is 3.59. The highest BCUT2D eigenvalue weighted by Gasteiger charge is 2.13. The van der Waals surface area contributed by atoms with Gasteiger partial charge in [-0.05, 0) is 46.6 Å². The zero-order valence-corrected chi connectivity index (χ0v) is 12.0. The highest BCUT2D eigenvalue weighted by Crippen LogP contribution is 2.37. The Kier molecular flexibility index (Phi) is 5.39. The molecule has 0 amide bonds. The molecule has 0 aliphatic heterocycles. The highest BCUT2D eigenvalue weighted by molar-refractivity contribution is 9.10. The van der Waals surface area contributed by atoms with Crippen LogP contribution >= 0.6 is 15.9 Å². The Balaban J connectivity index is 3.15. The van der Waals surface area contributed by atoms with Crippen molar-refractivity contribution in [1.82, 2.24) is 0 Å². The number of rotatable bonds is 5. The largest absolute Gasteiger partial charge is 0.493 e. The van der Waals surface area contributed by atoms with E-state index in [0.29, 0.717) is 21.5 Å². The molecule has 0 saturated heterocycles. The summed E-state index contributed by atoms with van der Waals surface area (Å²) >= 11 is 3.31. The molecule has 0 radical (unpaired) electrons. The molecule has 0 bridgehead atoms. The van der Waals surface area contributed by atoms with Crippen molar-refractivity contribution in [3.05, 3.63) is 28.2 Å². The predicted molar refractivity (Wildman–Crippen MR) is 73.1 cm³/mol. The van der Waals surface area contributed by atoms with E-state index in [2.05, 4.69) is 15.9 Å². The average Bonchev–Trinajstić information content (AvgIpc) is 2.38. The van der Waals surface area contributed by atoms with E-state index in [0.717, 1.165) is 6.08 Å². The highest BCUT2D eigenvalue weighted by atomic mass is 79.9. The number of aliphatic carboxylic acids is 1. The second kappa shape index (κ2) is 6.81. The lowest BCUT2D eigenvalue weighted by Gasteiger charge is -2.14. The minimum Gasteiger partial charge on any atom is -0.493 e. The number of ether oxygens (including phenoxy) is 2. The number of halogens is 1. The van der Waals surface area contributed by atoms with Gasteiger partial charge in [0.1, 0.15) is 6.07 Å². The molecule has 0 heterocycles. The lowest BCUT2D eigenvalue weighted by Crippen LogP contribution is -2.09. The van der Waals surface area contributed by atoms with Gasteiger partial charge in [-0.1, -0.05) is 0 Å². The Morgan fingerprint density at radius 1 is 1.58 bits per heavy atom. The summed E-state index contributed by atoms with van der Waals surface area (Å²) in [4.78, 5) is 10.5. The SMILES string of the molecule is COc1cc(C=CC(=O)O)cc(Br)c1OC(C)C#N. The van der Waals surface area contributed by atoms with Crippen molar-refractivity contribution in [3.63, 3.8) is 0 Å². The maximum absolute atomic E-state index is 10.5. The summed E-state index contributed by atoms with van der Waals surface area (Å²) in [6.45, 7) is 1.62. The van der Waals surface area contributed by atoms with Gasteiger partial charge in [-0.2, -0.15) is 5.26 Å². The summed E-state index contributed by atoms with van der Waals surface area (Å²) in [5.74, 6) is -0.209. The van der Waals surface area contributed by atoms with Gasteiger partial charge >= 0.3 is 5.97 Å². The maximum Gasteiger partial charge on any atom is 0.328 e. The summed E-state index contributed by atoms with van der Waals surface area (Å²) in [5.41, 5.74) is 0.642. The van der Waals surface area contributed by atoms with Crippen LogP contribution in [0.1, 0.15) is 12.5 Å². The summed E-state index contributed by atoms with van der Waals surface area (Å²) < 4.78 is 11.2. The van der Waals surface area contributed by atoms with Gasteiger partial charge in [0.2, 0.25) is 0 Å². The second-order valence-corrected chi connectivity index (χ2v) is 4.45. The van der Waals surface area contributed by atoms with Crippen LogP contribution in [-0.2, 0) is 4.79 Å². The van der Waals surface area contributed by atoms with Gasteiger partial charge in [-0.3, -0.25) is 0 Å². The zero-order valence-electron chi connectivity index (χ0n) is 10.4. The number of hydrogen-bond donors (Lipinski definition) is 1. The van der Waals surface area contributed by atoms with E-state index in [1.807, 2.05) is 6.07 Å². The average molecular weight is 326 g/mol. The Morgan fingerprint density at radius 3 is 2.79 bits per heavy atom. The van der Waals surface area contributed by atoms with Gasteiger partial charge in [-0.25, -0.2) is 4.79 Å². The van der Waals surface area contributed by atoms with Gasteiger partial charge in [0, 0.05) is 6.08 Å². The normalized spacial score (nSPS) is 11.9. The predicted octanol–water partition coefficient (Wildman–Crippen LogP) is 2.85. The van der Waals surface area contributed by atoms with Gasteiger partial charge < -0.3 is 14.6 Å². The first-order chi connectivity index (χ1) is 8.97. The number of hydrogen-bond acceptors (Lipinski definition) is 4. The van der Waals surface area contributed by atoms with Crippen LogP contribution in [0.15, 0.2) is 22.7 Å². The number of nitriles is 1. The summed E-state index contributed by atoms with van der Waals surface area (Å²) in [5, 5.41) is 17.3. The van der Waals surface area contributed by atoms with Crippen LogP contribution in [0.5, 0.6) is 11.5 Å². The molecule has 0 fully saturated rings. The lowest BCUT2D eigenvalue weighted by atomic mass is 10.2. The van der Waals surface area contributed by atoms with E-state index >= 15 is 0 Å².